The first-order valence-corrected chi connectivity index (χ1v) is 18.4. The molecule has 0 aromatic heterocycles. The van der Waals surface area contributed by atoms with E-state index in [0.29, 0.717) is 44.2 Å². The molecule has 3 aliphatic rings. The molecule has 0 spiro atoms. The second-order valence-electron chi connectivity index (χ2n) is 12.1. The second kappa shape index (κ2) is 17.6. The quantitative estimate of drug-likeness (QED) is 0.121. The molecule has 6 N–H and O–H groups in total. The number of hydrogen-bond acceptors (Lipinski definition) is 8. The molecule has 2 amide bonds. The highest BCUT2D eigenvalue weighted by Gasteiger charge is 2.31. The second-order valence-corrected chi connectivity index (χ2v) is 15.2. The van der Waals surface area contributed by atoms with Gasteiger partial charge in [-0.1, -0.05) is 32.3 Å². The molecule has 1 aliphatic carbocycles. The summed E-state index contributed by atoms with van der Waals surface area (Å²) in [6.07, 6.45) is 13.2. The van der Waals surface area contributed by atoms with Crippen molar-refractivity contribution in [3.63, 3.8) is 0 Å². The zero-order valence-electron chi connectivity index (χ0n) is 25.4. The average molecular weight is 629 g/mol. The lowest BCUT2D eigenvalue weighted by Gasteiger charge is -2.32. The Labute approximate surface area is 256 Å². The molecule has 11 nitrogen and oxygen atoms in total. The number of sulfonamides is 1. The summed E-state index contributed by atoms with van der Waals surface area (Å²) >= 11 is 1.47. The number of hydrogen-bond donors (Lipinski definition) is 5. The highest BCUT2D eigenvalue weighted by molar-refractivity contribution is 8.04. The number of nitrogens with zero attached hydrogens (tertiary/aromatic N) is 1. The highest BCUT2D eigenvalue weighted by Crippen LogP contribution is 2.31. The summed E-state index contributed by atoms with van der Waals surface area (Å²) in [4.78, 5) is 29.3. The molecule has 1 saturated heterocycles. The van der Waals surface area contributed by atoms with Gasteiger partial charge in [0.2, 0.25) is 21.8 Å². The zero-order chi connectivity index (χ0) is 30.5. The van der Waals surface area contributed by atoms with Gasteiger partial charge in [-0.25, -0.2) is 13.1 Å². The summed E-state index contributed by atoms with van der Waals surface area (Å²) in [5.74, 6) is 0.277. The standard InChI is InChI=1S/C29H52N6O5S2/c1-3-23(40-20-22-7-5-4-6-8-22)18-35(19-27(36)33-17-24-10-12-26(41-24)28(30)31)29(37)25(34-42(2,38)39)11-9-21-13-15-32-16-14-21/h12,21-25,32,34H,3-11,13-20H2,1-2H3,(H3,30,31)(H,33,36)/t23-,24?,25-/m1/s1. The van der Waals surface area contributed by atoms with Crippen molar-refractivity contribution in [3.8, 4) is 0 Å². The molecule has 2 aliphatic heterocycles. The van der Waals surface area contributed by atoms with Crippen molar-refractivity contribution < 1.29 is 22.7 Å². The number of carbonyl (C=O) groups excluding carboxylic acids is 2. The van der Waals surface area contributed by atoms with Crippen LogP contribution < -0.4 is 21.1 Å². The summed E-state index contributed by atoms with van der Waals surface area (Å²) in [5, 5.41) is 14.0. The summed E-state index contributed by atoms with van der Waals surface area (Å²) < 4.78 is 33.4. The number of nitrogens with one attached hydrogen (secondary N) is 4. The molecule has 13 heteroatoms. The molecule has 2 fully saturated rings. The Morgan fingerprint density at radius 1 is 1.19 bits per heavy atom. The Morgan fingerprint density at radius 2 is 1.90 bits per heavy atom. The van der Waals surface area contributed by atoms with Gasteiger partial charge in [-0.2, -0.15) is 0 Å². The Hall–Kier alpha value is -1.67. The fourth-order valence-electron chi connectivity index (χ4n) is 5.96. The van der Waals surface area contributed by atoms with Crippen LogP contribution in [-0.2, 0) is 24.3 Å². The number of ether oxygens (including phenoxy) is 1. The molecule has 3 atom stereocenters. The van der Waals surface area contributed by atoms with E-state index in [1.165, 1.54) is 35.9 Å². The normalized spacial score (nSPS) is 21.9. The third-order valence-electron chi connectivity index (χ3n) is 8.45. The lowest BCUT2D eigenvalue weighted by Crippen LogP contribution is -2.53. The zero-order valence-corrected chi connectivity index (χ0v) is 27.0. The van der Waals surface area contributed by atoms with Crippen molar-refractivity contribution in [2.45, 2.75) is 94.9 Å². The number of carbonyl (C=O) groups is 2. The first kappa shape index (κ1) is 34.8. The van der Waals surface area contributed by atoms with Crippen molar-refractivity contribution in [1.82, 2.24) is 20.3 Å². The molecule has 0 bridgehead atoms. The van der Waals surface area contributed by atoms with Crippen LogP contribution in [0.15, 0.2) is 11.0 Å². The summed E-state index contributed by atoms with van der Waals surface area (Å²) in [7, 11) is -3.65. The van der Waals surface area contributed by atoms with Crippen LogP contribution in [0, 0.1) is 17.2 Å². The average Bonchev–Trinajstić information content (AvgIpc) is 3.45. The van der Waals surface area contributed by atoms with Crippen molar-refractivity contribution >= 4 is 39.4 Å². The Kier molecular flexibility index (Phi) is 14.6. The number of allylic oxidation sites excluding steroid dienone is 1. The third kappa shape index (κ3) is 12.5. The van der Waals surface area contributed by atoms with Crippen LogP contribution in [-0.4, -0.2) is 93.9 Å². The molecular weight excluding hydrogens is 576 g/mol. The Balaban J connectivity index is 1.67. The van der Waals surface area contributed by atoms with Gasteiger partial charge < -0.3 is 26.0 Å². The molecule has 2 heterocycles. The van der Waals surface area contributed by atoms with Gasteiger partial charge in [0.15, 0.2) is 0 Å². The molecule has 0 radical (unpaired) electrons. The van der Waals surface area contributed by atoms with Crippen LogP contribution in [0.5, 0.6) is 0 Å². The number of amides is 2. The highest BCUT2D eigenvalue weighted by atomic mass is 32.2. The first-order valence-electron chi connectivity index (χ1n) is 15.6. The van der Waals surface area contributed by atoms with Crippen molar-refractivity contribution in [1.29, 1.82) is 5.41 Å². The monoisotopic (exact) mass is 628 g/mol. The molecular formula is C29H52N6O5S2. The lowest BCUT2D eigenvalue weighted by atomic mass is 9.90. The van der Waals surface area contributed by atoms with Crippen molar-refractivity contribution in [2.75, 3.05) is 45.6 Å². The minimum Gasteiger partial charge on any atom is -0.383 e. The van der Waals surface area contributed by atoms with Gasteiger partial charge in [0, 0.05) is 29.9 Å². The third-order valence-corrected chi connectivity index (χ3v) is 10.5. The summed E-state index contributed by atoms with van der Waals surface area (Å²) in [6.45, 7) is 4.92. The molecule has 3 rings (SSSR count). The summed E-state index contributed by atoms with van der Waals surface area (Å²) in [5.41, 5.74) is 5.59. The van der Waals surface area contributed by atoms with E-state index < -0.39 is 16.1 Å². The van der Waals surface area contributed by atoms with E-state index in [9.17, 15) is 18.0 Å². The molecule has 240 valence electrons. The molecule has 0 aromatic carbocycles. The van der Waals surface area contributed by atoms with Gasteiger partial charge in [-0.3, -0.25) is 15.0 Å². The minimum atomic E-state index is -3.65. The summed E-state index contributed by atoms with van der Waals surface area (Å²) in [6, 6.07) is -0.939. The van der Waals surface area contributed by atoms with Gasteiger partial charge >= 0.3 is 0 Å². The van der Waals surface area contributed by atoms with Gasteiger partial charge in [0.1, 0.15) is 11.9 Å². The van der Waals surface area contributed by atoms with Crippen LogP contribution in [0.1, 0.15) is 77.6 Å². The molecule has 1 unspecified atom stereocenters. The van der Waals surface area contributed by atoms with E-state index in [2.05, 4.69) is 15.4 Å². The SMILES string of the molecule is CC[C@H](CN(CC(=O)NCC1CC=C(C(=N)N)S1)C(=O)[C@@H](CCC1CCNCC1)NS(C)(=O)=O)OCC1CCCCC1. The maximum Gasteiger partial charge on any atom is 0.241 e. The number of piperidine rings is 1. The van der Waals surface area contributed by atoms with E-state index in [1.807, 2.05) is 13.0 Å². The Morgan fingerprint density at radius 3 is 2.52 bits per heavy atom. The van der Waals surface area contributed by atoms with E-state index >= 15 is 0 Å². The maximum absolute atomic E-state index is 14.0. The number of thioether (sulfide) groups is 1. The predicted molar refractivity (Wildman–Crippen MR) is 169 cm³/mol. The van der Waals surface area contributed by atoms with Crippen LogP contribution >= 0.6 is 11.8 Å². The van der Waals surface area contributed by atoms with Crippen LogP contribution in [0.25, 0.3) is 0 Å². The molecule has 1 saturated carbocycles. The van der Waals surface area contributed by atoms with Crippen LogP contribution in [0.2, 0.25) is 0 Å². The van der Waals surface area contributed by atoms with Gasteiger partial charge in [-0.05, 0) is 76.3 Å². The number of rotatable bonds is 17. The topological polar surface area (TPSA) is 167 Å². The van der Waals surface area contributed by atoms with E-state index in [-0.39, 0.29) is 42.1 Å². The van der Waals surface area contributed by atoms with Crippen molar-refractivity contribution in [2.24, 2.45) is 17.6 Å². The van der Waals surface area contributed by atoms with E-state index in [1.54, 1.807) is 0 Å². The van der Waals surface area contributed by atoms with E-state index in [4.69, 9.17) is 15.9 Å². The van der Waals surface area contributed by atoms with E-state index in [0.717, 1.165) is 56.4 Å². The molecule has 42 heavy (non-hydrogen) atoms. The molecule has 0 aromatic rings. The van der Waals surface area contributed by atoms with Gasteiger partial charge in [0.25, 0.3) is 0 Å². The van der Waals surface area contributed by atoms with Gasteiger partial charge in [0.05, 0.1) is 18.9 Å². The minimum absolute atomic E-state index is 0.0262. The van der Waals surface area contributed by atoms with Crippen molar-refractivity contribution in [3.05, 3.63) is 11.0 Å². The Bertz CT molecular complexity index is 1030. The van der Waals surface area contributed by atoms with Crippen LogP contribution in [0.4, 0.5) is 0 Å². The predicted octanol–water partition coefficient (Wildman–Crippen LogP) is 2.33. The largest absolute Gasteiger partial charge is 0.383 e. The number of amidine groups is 1. The lowest BCUT2D eigenvalue weighted by molar-refractivity contribution is -0.140. The fraction of sp³-hybridized carbons (Fsp3) is 0.828. The van der Waals surface area contributed by atoms with Crippen LogP contribution in [0.3, 0.4) is 0 Å². The maximum atomic E-state index is 14.0. The smallest absolute Gasteiger partial charge is 0.241 e. The fourth-order valence-corrected chi connectivity index (χ4v) is 7.73. The first-order chi connectivity index (χ1) is 20.0. The number of nitrogens with two attached hydrogens (primary N) is 1. The van der Waals surface area contributed by atoms with Gasteiger partial charge in [-0.15, -0.1) is 11.8 Å².